The van der Waals surface area contributed by atoms with Crippen molar-refractivity contribution in [3.8, 4) is 0 Å². The van der Waals surface area contributed by atoms with Gasteiger partial charge in [-0.2, -0.15) is 4.31 Å². The topological polar surface area (TPSA) is 75.2 Å². The first-order valence-electron chi connectivity index (χ1n) is 9.14. The monoisotopic (exact) mass is 385 g/mol. The predicted octanol–water partition coefficient (Wildman–Crippen LogP) is 2.97. The average Bonchev–Trinajstić information content (AvgIpc) is 2.99. The number of nitrogens with one attached hydrogen (secondary N) is 1. The van der Waals surface area contributed by atoms with Gasteiger partial charge in [0.25, 0.3) is 0 Å². The van der Waals surface area contributed by atoms with E-state index >= 15 is 0 Å². The van der Waals surface area contributed by atoms with Crippen molar-refractivity contribution in [3.63, 3.8) is 0 Å². The summed E-state index contributed by atoms with van der Waals surface area (Å²) in [5.41, 5.74) is 3.24. The molecule has 0 amide bonds. The number of rotatable bonds is 3. The third-order valence-electron chi connectivity index (χ3n) is 5.37. The number of aryl methyl sites for hydroxylation is 2. The van der Waals surface area contributed by atoms with Crippen LogP contribution < -0.4 is 5.69 Å². The molecule has 0 radical (unpaired) electrons. The van der Waals surface area contributed by atoms with Crippen molar-refractivity contribution < 1.29 is 8.42 Å². The van der Waals surface area contributed by atoms with Crippen molar-refractivity contribution in [1.82, 2.24) is 13.9 Å². The Hall–Kier alpha value is -2.38. The van der Waals surface area contributed by atoms with Crippen molar-refractivity contribution >= 4 is 21.1 Å². The van der Waals surface area contributed by atoms with Crippen LogP contribution in [-0.4, -0.2) is 35.4 Å². The molecule has 1 aromatic heterocycles. The number of hydrogen-bond donors (Lipinski definition) is 1. The zero-order chi connectivity index (χ0) is 19.2. The van der Waals surface area contributed by atoms with E-state index in [0.717, 1.165) is 22.2 Å². The smallest absolute Gasteiger partial charge is 0.306 e. The van der Waals surface area contributed by atoms with Crippen LogP contribution in [0.3, 0.4) is 0 Å². The minimum absolute atomic E-state index is 0.00120. The minimum Gasteiger partial charge on any atom is -0.306 e. The molecule has 1 aliphatic rings. The van der Waals surface area contributed by atoms with Crippen LogP contribution in [-0.2, 0) is 10.0 Å². The van der Waals surface area contributed by atoms with Crippen LogP contribution in [0.5, 0.6) is 0 Å². The van der Waals surface area contributed by atoms with Gasteiger partial charge in [0, 0.05) is 19.1 Å². The predicted molar refractivity (Wildman–Crippen MR) is 106 cm³/mol. The molecule has 1 N–H and O–H groups in total. The van der Waals surface area contributed by atoms with Gasteiger partial charge in [-0.15, -0.1) is 0 Å². The van der Waals surface area contributed by atoms with Gasteiger partial charge in [0.05, 0.1) is 15.9 Å². The van der Waals surface area contributed by atoms with Crippen LogP contribution in [0.15, 0.2) is 52.2 Å². The van der Waals surface area contributed by atoms with Crippen LogP contribution in [0.2, 0.25) is 0 Å². The Morgan fingerprint density at radius 2 is 1.74 bits per heavy atom. The van der Waals surface area contributed by atoms with Crippen molar-refractivity contribution in [2.75, 3.05) is 13.1 Å². The Labute approximate surface area is 158 Å². The fraction of sp³-hybridized carbons (Fsp3) is 0.350. The summed E-state index contributed by atoms with van der Waals surface area (Å²) in [6.07, 6.45) is 1.23. The number of benzene rings is 2. The van der Waals surface area contributed by atoms with Crippen molar-refractivity contribution in [3.05, 3.63) is 64.1 Å². The molecule has 2 heterocycles. The van der Waals surface area contributed by atoms with Crippen LogP contribution in [0.4, 0.5) is 0 Å². The molecule has 1 saturated heterocycles. The Bertz CT molecular complexity index is 1150. The first-order chi connectivity index (χ1) is 12.9. The number of piperidine rings is 1. The lowest BCUT2D eigenvalue weighted by Gasteiger charge is -2.32. The highest BCUT2D eigenvalue weighted by atomic mass is 32.2. The van der Waals surface area contributed by atoms with Crippen molar-refractivity contribution in [2.24, 2.45) is 0 Å². The Kier molecular flexibility index (Phi) is 4.44. The third-order valence-corrected chi connectivity index (χ3v) is 7.41. The molecule has 3 aromatic rings. The first-order valence-corrected chi connectivity index (χ1v) is 10.6. The molecule has 0 atom stereocenters. The van der Waals surface area contributed by atoms with E-state index in [2.05, 4.69) is 4.98 Å². The summed E-state index contributed by atoms with van der Waals surface area (Å²) in [7, 11) is -3.52. The normalized spacial score (nSPS) is 16.8. The number of nitrogens with zero attached hydrogens (tertiary/aromatic N) is 2. The van der Waals surface area contributed by atoms with E-state index in [4.69, 9.17) is 0 Å². The second-order valence-corrected chi connectivity index (χ2v) is 9.13. The Morgan fingerprint density at radius 1 is 1.04 bits per heavy atom. The molecular formula is C20H23N3O3S. The summed E-state index contributed by atoms with van der Waals surface area (Å²) >= 11 is 0. The number of imidazole rings is 1. The lowest BCUT2D eigenvalue weighted by molar-refractivity contribution is 0.274. The van der Waals surface area contributed by atoms with Gasteiger partial charge in [0.1, 0.15) is 0 Å². The molecule has 0 bridgehead atoms. The van der Waals surface area contributed by atoms with Crippen LogP contribution in [0.1, 0.15) is 30.0 Å². The van der Waals surface area contributed by atoms with Crippen molar-refractivity contribution in [2.45, 2.75) is 37.6 Å². The maximum Gasteiger partial charge on any atom is 0.326 e. The molecule has 2 aromatic carbocycles. The third kappa shape index (κ3) is 3.11. The van der Waals surface area contributed by atoms with Gasteiger partial charge in [-0.05, 0) is 56.0 Å². The Balaban J connectivity index is 1.59. The van der Waals surface area contributed by atoms with Gasteiger partial charge >= 0.3 is 5.69 Å². The number of hydrogen-bond acceptors (Lipinski definition) is 3. The molecule has 27 heavy (non-hydrogen) atoms. The number of aromatic amines is 1. The van der Waals surface area contributed by atoms with Crippen LogP contribution >= 0.6 is 0 Å². The van der Waals surface area contributed by atoms with E-state index in [9.17, 15) is 13.2 Å². The number of fused-ring (bicyclic) bond motifs is 1. The second kappa shape index (κ2) is 6.65. The van der Waals surface area contributed by atoms with E-state index in [1.807, 2.05) is 50.2 Å². The quantitative estimate of drug-likeness (QED) is 0.753. The summed E-state index contributed by atoms with van der Waals surface area (Å²) in [5.74, 6) is 0. The zero-order valence-corrected chi connectivity index (χ0v) is 16.3. The van der Waals surface area contributed by atoms with Gasteiger partial charge < -0.3 is 4.98 Å². The van der Waals surface area contributed by atoms with Gasteiger partial charge in [0.15, 0.2) is 0 Å². The molecule has 0 aliphatic carbocycles. The first kappa shape index (κ1) is 18.0. The maximum absolute atomic E-state index is 13.1. The molecule has 7 heteroatoms. The van der Waals surface area contributed by atoms with Crippen LogP contribution in [0.25, 0.3) is 11.0 Å². The van der Waals surface area contributed by atoms with Gasteiger partial charge in [-0.3, -0.25) is 4.57 Å². The molecule has 0 spiro atoms. The highest BCUT2D eigenvalue weighted by Crippen LogP contribution is 2.29. The molecular weight excluding hydrogens is 362 g/mol. The average molecular weight is 385 g/mol. The van der Waals surface area contributed by atoms with E-state index in [1.54, 1.807) is 14.9 Å². The fourth-order valence-electron chi connectivity index (χ4n) is 3.90. The largest absolute Gasteiger partial charge is 0.326 e. The minimum atomic E-state index is -3.52. The SMILES string of the molecule is Cc1ccc(C)c(S(=O)(=O)N2CCC(n3c(=O)[nH]c4ccccc43)CC2)c1. The molecule has 0 unspecified atom stereocenters. The summed E-state index contributed by atoms with van der Waals surface area (Å²) in [6, 6.07) is 13.1. The highest BCUT2D eigenvalue weighted by Gasteiger charge is 2.32. The zero-order valence-electron chi connectivity index (χ0n) is 15.5. The summed E-state index contributed by atoms with van der Waals surface area (Å²) in [6.45, 7) is 4.54. The molecule has 4 rings (SSSR count). The molecule has 1 fully saturated rings. The number of aromatic nitrogens is 2. The molecule has 1 aliphatic heterocycles. The van der Waals surface area contributed by atoms with Gasteiger partial charge in [-0.25, -0.2) is 13.2 Å². The van der Waals surface area contributed by atoms with Crippen molar-refractivity contribution in [1.29, 1.82) is 0 Å². The summed E-state index contributed by atoms with van der Waals surface area (Å²) < 4.78 is 29.5. The second-order valence-electron chi connectivity index (χ2n) is 7.22. The highest BCUT2D eigenvalue weighted by molar-refractivity contribution is 7.89. The molecule has 142 valence electrons. The Morgan fingerprint density at radius 3 is 2.48 bits per heavy atom. The van der Waals surface area contributed by atoms with E-state index in [-0.39, 0.29) is 11.7 Å². The lowest BCUT2D eigenvalue weighted by atomic mass is 10.1. The molecule has 6 nitrogen and oxygen atoms in total. The number of para-hydroxylation sites is 2. The lowest BCUT2D eigenvalue weighted by Crippen LogP contribution is -2.40. The summed E-state index contributed by atoms with van der Waals surface area (Å²) in [4.78, 5) is 15.7. The van der Waals surface area contributed by atoms with E-state index < -0.39 is 10.0 Å². The van der Waals surface area contributed by atoms with Gasteiger partial charge in [-0.1, -0.05) is 24.3 Å². The number of sulfonamides is 1. The number of H-pyrrole nitrogens is 1. The fourth-order valence-corrected chi connectivity index (χ4v) is 5.68. The van der Waals surface area contributed by atoms with E-state index in [1.165, 1.54) is 0 Å². The molecule has 0 saturated carbocycles. The van der Waals surface area contributed by atoms with E-state index in [0.29, 0.717) is 30.8 Å². The maximum atomic E-state index is 13.1. The standard InChI is InChI=1S/C20H23N3O3S/c1-14-7-8-15(2)19(13-14)27(25,26)22-11-9-16(10-12-22)23-18-6-4-3-5-17(18)21-20(23)24/h3-8,13,16H,9-12H2,1-2H3,(H,21,24). The summed E-state index contributed by atoms with van der Waals surface area (Å²) in [5, 5.41) is 0. The van der Waals surface area contributed by atoms with Gasteiger partial charge in [0.2, 0.25) is 10.0 Å². The van der Waals surface area contributed by atoms with Crippen LogP contribution in [0, 0.1) is 13.8 Å².